The lowest BCUT2D eigenvalue weighted by molar-refractivity contribution is 0.572. The van der Waals surface area contributed by atoms with E-state index in [0.717, 1.165) is 36.7 Å². The Hall–Kier alpha value is -1.87. The lowest BCUT2D eigenvalue weighted by Crippen LogP contribution is -2.37. The molecule has 0 aliphatic rings. The van der Waals surface area contributed by atoms with Gasteiger partial charge in [-0.3, -0.25) is 4.99 Å². The molecule has 0 aliphatic carbocycles. The highest BCUT2D eigenvalue weighted by Gasteiger charge is 2.07. The summed E-state index contributed by atoms with van der Waals surface area (Å²) in [5.74, 6) is 1.45. The van der Waals surface area contributed by atoms with E-state index in [0.29, 0.717) is 5.89 Å². The van der Waals surface area contributed by atoms with Gasteiger partial charge < -0.3 is 15.1 Å². The molecule has 0 atom stereocenters. The number of thiophene rings is 1. The Labute approximate surface area is 181 Å². The van der Waals surface area contributed by atoms with Gasteiger partial charge in [0.1, 0.15) is 6.26 Å². The van der Waals surface area contributed by atoms with Gasteiger partial charge >= 0.3 is 0 Å². The maximum atomic E-state index is 5.60. The van der Waals surface area contributed by atoms with E-state index in [1.807, 2.05) is 12.1 Å². The lowest BCUT2D eigenvalue weighted by Gasteiger charge is -2.11. The quantitative estimate of drug-likeness (QED) is 0.299. The molecule has 0 aliphatic heterocycles. The van der Waals surface area contributed by atoms with Gasteiger partial charge in [0.2, 0.25) is 5.89 Å². The molecule has 0 unspecified atom stereocenters. The van der Waals surface area contributed by atoms with Crippen LogP contribution in [0.2, 0.25) is 0 Å². The molecule has 2 heterocycles. The van der Waals surface area contributed by atoms with Gasteiger partial charge in [-0.1, -0.05) is 17.7 Å². The summed E-state index contributed by atoms with van der Waals surface area (Å²) in [7, 11) is 1.78. The number of oxazole rings is 1. The number of halogens is 1. The number of hydrogen-bond acceptors (Lipinski definition) is 4. The number of nitrogens with one attached hydrogen (secondary N) is 2. The van der Waals surface area contributed by atoms with E-state index in [9.17, 15) is 0 Å². The minimum absolute atomic E-state index is 0. The van der Waals surface area contributed by atoms with E-state index in [4.69, 9.17) is 4.42 Å². The monoisotopic (exact) mass is 496 g/mol. The molecule has 144 valence electrons. The number of rotatable bonds is 6. The van der Waals surface area contributed by atoms with Crippen LogP contribution in [0.4, 0.5) is 0 Å². The predicted octanol–water partition coefficient (Wildman–Crippen LogP) is 4.55. The molecule has 0 saturated carbocycles. The van der Waals surface area contributed by atoms with Gasteiger partial charge in [-0.2, -0.15) is 0 Å². The fraction of sp³-hybridized carbons (Fsp3) is 0.300. The van der Waals surface area contributed by atoms with E-state index in [-0.39, 0.29) is 24.0 Å². The zero-order chi connectivity index (χ0) is 18.4. The topological polar surface area (TPSA) is 62.5 Å². The van der Waals surface area contributed by atoms with Gasteiger partial charge in [-0.05, 0) is 43.0 Å². The molecule has 0 saturated heterocycles. The summed E-state index contributed by atoms with van der Waals surface area (Å²) in [6, 6.07) is 10.3. The standard InChI is InChI=1S/C20H24N4OS.HI/c1-14-4-6-16(7-5-14)19-24-17(13-25-19)8-10-22-20(21-3)23-12-18-15(2)9-11-26-18;/h4-7,9,11,13H,8,10,12H2,1-3H3,(H2,21,22,23);1H. The van der Waals surface area contributed by atoms with Gasteiger partial charge in [-0.15, -0.1) is 35.3 Å². The Kier molecular flexibility index (Phi) is 8.30. The van der Waals surface area contributed by atoms with Crippen molar-refractivity contribution in [1.29, 1.82) is 0 Å². The van der Waals surface area contributed by atoms with Crippen molar-refractivity contribution < 1.29 is 4.42 Å². The van der Waals surface area contributed by atoms with Gasteiger partial charge in [0.05, 0.1) is 12.2 Å². The average molecular weight is 496 g/mol. The van der Waals surface area contributed by atoms with Crippen molar-refractivity contribution in [3.05, 3.63) is 63.7 Å². The number of hydrogen-bond donors (Lipinski definition) is 2. The van der Waals surface area contributed by atoms with Crippen LogP contribution >= 0.6 is 35.3 Å². The third-order valence-electron chi connectivity index (χ3n) is 4.13. The fourth-order valence-electron chi connectivity index (χ4n) is 2.53. The van der Waals surface area contributed by atoms with Crippen LogP contribution in [0.15, 0.2) is 51.4 Å². The van der Waals surface area contributed by atoms with Crippen LogP contribution in [0.25, 0.3) is 11.5 Å². The van der Waals surface area contributed by atoms with Crippen molar-refractivity contribution >= 4 is 41.3 Å². The Bertz CT molecular complexity index is 870. The Morgan fingerprint density at radius 2 is 1.93 bits per heavy atom. The highest BCUT2D eigenvalue weighted by molar-refractivity contribution is 14.0. The number of aromatic nitrogens is 1. The molecule has 5 nitrogen and oxygen atoms in total. The smallest absolute Gasteiger partial charge is 0.226 e. The zero-order valence-corrected chi connectivity index (χ0v) is 18.9. The van der Waals surface area contributed by atoms with E-state index < -0.39 is 0 Å². The minimum atomic E-state index is 0. The first-order chi connectivity index (χ1) is 12.7. The Balaban J connectivity index is 0.00000261. The third-order valence-corrected chi connectivity index (χ3v) is 5.16. The first-order valence-electron chi connectivity index (χ1n) is 8.64. The van der Waals surface area contributed by atoms with E-state index in [2.05, 4.69) is 58.0 Å². The van der Waals surface area contributed by atoms with Crippen LogP contribution in [-0.4, -0.2) is 24.5 Å². The second kappa shape index (κ2) is 10.5. The minimum Gasteiger partial charge on any atom is -0.444 e. The largest absolute Gasteiger partial charge is 0.444 e. The van der Waals surface area contributed by atoms with Crippen molar-refractivity contribution in [2.24, 2.45) is 4.99 Å². The SMILES string of the molecule is CN=C(NCCc1coc(-c2ccc(C)cc2)n1)NCc1sccc1C.I. The van der Waals surface area contributed by atoms with E-state index in [1.165, 1.54) is 16.0 Å². The van der Waals surface area contributed by atoms with Crippen molar-refractivity contribution in [2.75, 3.05) is 13.6 Å². The van der Waals surface area contributed by atoms with E-state index >= 15 is 0 Å². The van der Waals surface area contributed by atoms with Crippen molar-refractivity contribution in [3.63, 3.8) is 0 Å². The molecule has 0 fully saturated rings. The summed E-state index contributed by atoms with van der Waals surface area (Å²) in [6.07, 6.45) is 2.50. The second-order valence-electron chi connectivity index (χ2n) is 6.14. The predicted molar refractivity (Wildman–Crippen MR) is 123 cm³/mol. The molecule has 2 aromatic heterocycles. The summed E-state index contributed by atoms with van der Waals surface area (Å²) >= 11 is 1.76. The Morgan fingerprint density at radius 1 is 1.15 bits per heavy atom. The highest BCUT2D eigenvalue weighted by atomic mass is 127. The first-order valence-corrected chi connectivity index (χ1v) is 9.52. The summed E-state index contributed by atoms with van der Waals surface area (Å²) in [5, 5.41) is 8.77. The number of nitrogens with zero attached hydrogens (tertiary/aromatic N) is 2. The number of aliphatic imine (C=N–C) groups is 1. The third kappa shape index (κ3) is 6.07. The van der Waals surface area contributed by atoms with Gasteiger partial charge in [-0.25, -0.2) is 4.98 Å². The lowest BCUT2D eigenvalue weighted by atomic mass is 10.1. The highest BCUT2D eigenvalue weighted by Crippen LogP contribution is 2.19. The van der Waals surface area contributed by atoms with Crippen LogP contribution in [0, 0.1) is 13.8 Å². The molecule has 0 radical (unpaired) electrons. The fourth-order valence-corrected chi connectivity index (χ4v) is 3.38. The molecule has 27 heavy (non-hydrogen) atoms. The van der Waals surface area contributed by atoms with Crippen LogP contribution in [0.1, 0.15) is 21.7 Å². The summed E-state index contributed by atoms with van der Waals surface area (Å²) in [4.78, 5) is 10.2. The molecule has 0 amide bonds. The summed E-state index contributed by atoms with van der Waals surface area (Å²) < 4.78 is 5.60. The van der Waals surface area contributed by atoms with Crippen LogP contribution in [0.3, 0.4) is 0 Å². The number of guanidine groups is 1. The molecule has 3 rings (SSSR count). The maximum Gasteiger partial charge on any atom is 0.226 e. The average Bonchev–Trinajstić information content (AvgIpc) is 3.28. The van der Waals surface area contributed by atoms with Crippen molar-refractivity contribution in [3.8, 4) is 11.5 Å². The molecule has 3 aromatic rings. The van der Waals surface area contributed by atoms with Crippen molar-refractivity contribution in [1.82, 2.24) is 15.6 Å². The van der Waals surface area contributed by atoms with Gasteiger partial charge in [0, 0.05) is 30.5 Å². The van der Waals surface area contributed by atoms with Crippen molar-refractivity contribution in [2.45, 2.75) is 26.8 Å². The number of benzene rings is 1. The second-order valence-corrected chi connectivity index (χ2v) is 7.14. The van der Waals surface area contributed by atoms with E-state index in [1.54, 1.807) is 24.6 Å². The van der Waals surface area contributed by atoms with Crippen LogP contribution in [0.5, 0.6) is 0 Å². The van der Waals surface area contributed by atoms with Gasteiger partial charge in [0.15, 0.2) is 5.96 Å². The molecule has 0 spiro atoms. The van der Waals surface area contributed by atoms with Crippen LogP contribution < -0.4 is 10.6 Å². The molecule has 2 N–H and O–H groups in total. The Morgan fingerprint density at radius 3 is 2.59 bits per heavy atom. The number of aryl methyl sites for hydroxylation is 2. The molecular formula is C20H25IN4OS. The normalized spacial score (nSPS) is 11.1. The van der Waals surface area contributed by atoms with Gasteiger partial charge in [0.25, 0.3) is 0 Å². The zero-order valence-electron chi connectivity index (χ0n) is 15.8. The first kappa shape index (κ1) is 21.4. The summed E-state index contributed by atoms with van der Waals surface area (Å²) in [6.45, 7) is 5.71. The van der Waals surface area contributed by atoms with Crippen LogP contribution in [-0.2, 0) is 13.0 Å². The maximum absolute atomic E-state index is 5.60. The molecular weight excluding hydrogens is 471 g/mol. The molecule has 7 heteroatoms. The molecule has 1 aromatic carbocycles. The molecule has 0 bridgehead atoms. The summed E-state index contributed by atoms with van der Waals surface area (Å²) in [5.41, 5.74) is 4.46.